The molecule has 0 aliphatic carbocycles. The third-order valence-electron chi connectivity index (χ3n) is 2.70. The van der Waals surface area contributed by atoms with E-state index in [-0.39, 0.29) is 0 Å². The van der Waals surface area contributed by atoms with Crippen molar-refractivity contribution in [2.45, 2.75) is 25.9 Å². The molecule has 1 heterocycles. The molecular formula is C12H17NS. The summed E-state index contributed by atoms with van der Waals surface area (Å²) in [5.41, 5.74) is 2.73. The molecule has 1 N–H and O–H groups in total. The summed E-state index contributed by atoms with van der Waals surface area (Å²) in [5, 5.41) is 3.63. The van der Waals surface area contributed by atoms with Gasteiger partial charge in [-0.25, -0.2) is 0 Å². The lowest BCUT2D eigenvalue weighted by atomic mass is 10.1. The fourth-order valence-electron chi connectivity index (χ4n) is 1.64. The van der Waals surface area contributed by atoms with Gasteiger partial charge in [-0.15, -0.1) is 0 Å². The van der Waals surface area contributed by atoms with E-state index in [0.717, 1.165) is 6.04 Å². The normalized spacial score (nSPS) is 19.0. The van der Waals surface area contributed by atoms with Gasteiger partial charge in [0.05, 0.1) is 0 Å². The van der Waals surface area contributed by atoms with Crippen LogP contribution in [0, 0.1) is 6.92 Å². The minimum Gasteiger partial charge on any atom is -0.306 e. The zero-order valence-corrected chi connectivity index (χ0v) is 9.60. The Hall–Kier alpha value is -0.470. The molecule has 2 heteroatoms. The molecule has 0 amide bonds. The van der Waals surface area contributed by atoms with Gasteiger partial charge >= 0.3 is 0 Å². The number of thioether (sulfide) groups is 1. The van der Waals surface area contributed by atoms with E-state index in [1.54, 1.807) is 0 Å². The number of hydrogen-bond donors (Lipinski definition) is 1. The summed E-state index contributed by atoms with van der Waals surface area (Å²) < 4.78 is 0. The van der Waals surface area contributed by atoms with Crippen LogP contribution in [-0.2, 0) is 0 Å². The first-order valence-electron chi connectivity index (χ1n) is 5.16. The Morgan fingerprint density at radius 3 is 2.43 bits per heavy atom. The SMILES string of the molecule is Cc1ccc([C@H](C)NC2CSC2)cc1. The molecule has 0 bridgehead atoms. The molecule has 1 fully saturated rings. The van der Waals surface area contributed by atoms with Crippen LogP contribution >= 0.6 is 11.8 Å². The highest BCUT2D eigenvalue weighted by Crippen LogP contribution is 2.21. The lowest BCUT2D eigenvalue weighted by Crippen LogP contribution is -2.41. The van der Waals surface area contributed by atoms with Crippen molar-refractivity contribution >= 4 is 11.8 Å². The predicted molar refractivity (Wildman–Crippen MR) is 63.8 cm³/mol. The van der Waals surface area contributed by atoms with E-state index in [9.17, 15) is 0 Å². The van der Waals surface area contributed by atoms with E-state index in [0.29, 0.717) is 6.04 Å². The van der Waals surface area contributed by atoms with Gasteiger partial charge in [0.1, 0.15) is 0 Å². The summed E-state index contributed by atoms with van der Waals surface area (Å²) >= 11 is 2.02. The Balaban J connectivity index is 1.95. The molecule has 1 saturated heterocycles. The molecule has 14 heavy (non-hydrogen) atoms. The first-order valence-corrected chi connectivity index (χ1v) is 6.31. The van der Waals surface area contributed by atoms with Gasteiger partial charge in [0.15, 0.2) is 0 Å². The van der Waals surface area contributed by atoms with Gasteiger partial charge in [0, 0.05) is 23.6 Å². The van der Waals surface area contributed by atoms with Gasteiger partial charge in [-0.1, -0.05) is 29.8 Å². The van der Waals surface area contributed by atoms with E-state index in [1.807, 2.05) is 11.8 Å². The Morgan fingerprint density at radius 2 is 1.93 bits per heavy atom. The molecule has 0 unspecified atom stereocenters. The van der Waals surface area contributed by atoms with E-state index in [4.69, 9.17) is 0 Å². The lowest BCUT2D eigenvalue weighted by Gasteiger charge is -2.29. The molecule has 1 aliphatic rings. The zero-order chi connectivity index (χ0) is 9.97. The highest BCUT2D eigenvalue weighted by molar-refractivity contribution is 8.00. The summed E-state index contributed by atoms with van der Waals surface area (Å²) in [5.74, 6) is 2.55. The maximum Gasteiger partial charge on any atom is 0.0295 e. The van der Waals surface area contributed by atoms with Gasteiger partial charge in [-0.05, 0) is 19.4 Å². The molecule has 1 atom stereocenters. The molecule has 1 nitrogen and oxygen atoms in total. The number of aryl methyl sites for hydroxylation is 1. The monoisotopic (exact) mass is 207 g/mol. The van der Waals surface area contributed by atoms with Gasteiger partial charge in [-0.3, -0.25) is 0 Å². The number of benzene rings is 1. The summed E-state index contributed by atoms with van der Waals surface area (Å²) in [6.07, 6.45) is 0. The van der Waals surface area contributed by atoms with Crippen LogP contribution in [0.3, 0.4) is 0 Å². The van der Waals surface area contributed by atoms with Crippen LogP contribution in [0.4, 0.5) is 0 Å². The Kier molecular flexibility index (Phi) is 3.14. The third kappa shape index (κ3) is 2.31. The van der Waals surface area contributed by atoms with Crippen molar-refractivity contribution in [3.8, 4) is 0 Å². The number of hydrogen-bond acceptors (Lipinski definition) is 2. The largest absolute Gasteiger partial charge is 0.306 e. The molecule has 0 aromatic heterocycles. The standard InChI is InChI=1S/C12H17NS/c1-9-3-5-11(6-4-9)10(2)13-12-7-14-8-12/h3-6,10,12-13H,7-8H2,1-2H3/t10-/m0/s1. The zero-order valence-electron chi connectivity index (χ0n) is 8.79. The highest BCUT2D eigenvalue weighted by atomic mass is 32.2. The average molecular weight is 207 g/mol. The summed E-state index contributed by atoms with van der Waals surface area (Å²) in [4.78, 5) is 0. The molecule has 0 radical (unpaired) electrons. The molecule has 76 valence electrons. The van der Waals surface area contributed by atoms with Crippen LogP contribution in [-0.4, -0.2) is 17.5 Å². The van der Waals surface area contributed by atoms with Crippen molar-refractivity contribution in [3.05, 3.63) is 35.4 Å². The van der Waals surface area contributed by atoms with Crippen LogP contribution in [0.15, 0.2) is 24.3 Å². The highest BCUT2D eigenvalue weighted by Gasteiger charge is 2.19. The molecular weight excluding hydrogens is 190 g/mol. The summed E-state index contributed by atoms with van der Waals surface area (Å²) in [6.45, 7) is 4.37. The topological polar surface area (TPSA) is 12.0 Å². The van der Waals surface area contributed by atoms with Crippen LogP contribution in [0.1, 0.15) is 24.1 Å². The smallest absolute Gasteiger partial charge is 0.0295 e. The van der Waals surface area contributed by atoms with Crippen LogP contribution in [0.25, 0.3) is 0 Å². The molecule has 0 spiro atoms. The third-order valence-corrected chi connectivity index (χ3v) is 3.98. The van der Waals surface area contributed by atoms with Gasteiger partial charge in [-0.2, -0.15) is 11.8 Å². The maximum absolute atomic E-state index is 3.63. The Morgan fingerprint density at radius 1 is 1.29 bits per heavy atom. The van der Waals surface area contributed by atoms with Crippen LogP contribution in [0.2, 0.25) is 0 Å². The van der Waals surface area contributed by atoms with Crippen molar-refractivity contribution in [1.29, 1.82) is 0 Å². The van der Waals surface area contributed by atoms with Crippen molar-refractivity contribution in [3.63, 3.8) is 0 Å². The second kappa shape index (κ2) is 4.37. The predicted octanol–water partition coefficient (Wildman–Crippen LogP) is 2.76. The second-order valence-corrected chi connectivity index (χ2v) is 5.11. The molecule has 0 saturated carbocycles. The van der Waals surface area contributed by atoms with Crippen LogP contribution < -0.4 is 5.32 Å². The average Bonchev–Trinajstić information content (AvgIpc) is 2.12. The Bertz CT molecular complexity index is 290. The molecule has 2 rings (SSSR count). The minimum atomic E-state index is 0.487. The van der Waals surface area contributed by atoms with Crippen molar-refractivity contribution in [2.75, 3.05) is 11.5 Å². The van der Waals surface area contributed by atoms with Crippen molar-refractivity contribution in [1.82, 2.24) is 5.32 Å². The number of nitrogens with one attached hydrogen (secondary N) is 1. The fourth-order valence-corrected chi connectivity index (χ4v) is 2.30. The van der Waals surface area contributed by atoms with Gasteiger partial charge in [0.25, 0.3) is 0 Å². The lowest BCUT2D eigenvalue weighted by molar-refractivity contribution is 0.503. The maximum atomic E-state index is 3.63. The molecule has 1 aromatic rings. The van der Waals surface area contributed by atoms with Crippen molar-refractivity contribution < 1.29 is 0 Å². The quantitative estimate of drug-likeness (QED) is 0.818. The van der Waals surface area contributed by atoms with E-state index < -0.39 is 0 Å². The molecule has 1 aromatic carbocycles. The van der Waals surface area contributed by atoms with Gasteiger partial charge in [0.2, 0.25) is 0 Å². The molecule has 1 aliphatic heterocycles. The summed E-state index contributed by atoms with van der Waals surface area (Å²) in [7, 11) is 0. The minimum absolute atomic E-state index is 0.487. The second-order valence-electron chi connectivity index (χ2n) is 4.03. The number of rotatable bonds is 3. The van der Waals surface area contributed by atoms with Gasteiger partial charge < -0.3 is 5.32 Å². The van der Waals surface area contributed by atoms with E-state index in [2.05, 4.69) is 43.4 Å². The van der Waals surface area contributed by atoms with Crippen molar-refractivity contribution in [2.24, 2.45) is 0 Å². The first-order chi connectivity index (χ1) is 6.75. The fraction of sp³-hybridized carbons (Fsp3) is 0.500. The van der Waals surface area contributed by atoms with Crippen LogP contribution in [0.5, 0.6) is 0 Å². The van der Waals surface area contributed by atoms with E-state index >= 15 is 0 Å². The summed E-state index contributed by atoms with van der Waals surface area (Å²) in [6, 6.07) is 10.0. The first kappa shape index (κ1) is 10.1. The Labute approximate surface area is 90.3 Å². The van der Waals surface area contributed by atoms with E-state index in [1.165, 1.54) is 22.6 Å².